The molecule has 0 unspecified atom stereocenters. The molecule has 3 nitrogen and oxygen atoms in total. The van der Waals surface area contributed by atoms with Gasteiger partial charge in [-0.15, -0.1) is 0 Å². The van der Waals surface area contributed by atoms with E-state index in [-0.39, 0.29) is 6.04 Å². The first-order valence-corrected chi connectivity index (χ1v) is 3.79. The number of hydrogen-bond donors (Lipinski definition) is 3. The van der Waals surface area contributed by atoms with E-state index in [1.165, 1.54) is 0 Å². The van der Waals surface area contributed by atoms with Crippen molar-refractivity contribution in [3.63, 3.8) is 0 Å². The summed E-state index contributed by atoms with van der Waals surface area (Å²) in [4.78, 5) is 0. The second-order valence-electron chi connectivity index (χ2n) is 2.88. The molecule has 10 heavy (non-hydrogen) atoms. The summed E-state index contributed by atoms with van der Waals surface area (Å²) in [5.41, 5.74) is 0. The minimum atomic E-state index is -0.571. The highest BCUT2D eigenvalue weighted by Crippen LogP contribution is 2.18. The Kier molecular flexibility index (Phi) is 2.65. The summed E-state index contributed by atoms with van der Waals surface area (Å²) in [7, 11) is 1.81. The van der Waals surface area contributed by atoms with Crippen LogP contribution >= 0.6 is 0 Å². The highest BCUT2D eigenvalue weighted by Gasteiger charge is 2.28. The van der Waals surface area contributed by atoms with Gasteiger partial charge >= 0.3 is 0 Å². The topological polar surface area (TPSA) is 52.5 Å². The quantitative estimate of drug-likeness (QED) is 0.465. The van der Waals surface area contributed by atoms with Crippen LogP contribution in [0, 0.1) is 0 Å². The number of aliphatic hydroxyl groups excluding tert-OH is 2. The zero-order valence-corrected chi connectivity index (χ0v) is 6.25. The molecule has 0 radical (unpaired) electrons. The van der Waals surface area contributed by atoms with Crippen LogP contribution in [0.3, 0.4) is 0 Å². The molecule has 0 bridgehead atoms. The van der Waals surface area contributed by atoms with E-state index in [4.69, 9.17) is 0 Å². The highest BCUT2D eigenvalue weighted by atomic mass is 16.3. The predicted molar refractivity (Wildman–Crippen MR) is 38.7 cm³/mol. The van der Waals surface area contributed by atoms with Gasteiger partial charge in [0.25, 0.3) is 0 Å². The maximum absolute atomic E-state index is 9.32. The molecule has 60 valence electrons. The molecule has 1 aliphatic carbocycles. The van der Waals surface area contributed by atoms with E-state index in [1.807, 2.05) is 7.05 Å². The smallest absolute Gasteiger partial charge is 0.0951 e. The molecular weight excluding hydrogens is 130 g/mol. The third kappa shape index (κ3) is 1.48. The van der Waals surface area contributed by atoms with Crippen molar-refractivity contribution >= 4 is 0 Å². The maximum atomic E-state index is 9.32. The SMILES string of the molecule is CN[C@H]1CCC[C@H](O)[C@@H]1O. The summed E-state index contributed by atoms with van der Waals surface area (Å²) in [6.45, 7) is 0. The third-order valence-corrected chi connectivity index (χ3v) is 2.19. The van der Waals surface area contributed by atoms with Crippen LogP contribution in [-0.2, 0) is 0 Å². The minimum absolute atomic E-state index is 0.0868. The Balaban J connectivity index is 2.42. The van der Waals surface area contributed by atoms with Crippen LogP contribution < -0.4 is 5.32 Å². The van der Waals surface area contributed by atoms with Crippen molar-refractivity contribution < 1.29 is 10.2 Å². The van der Waals surface area contributed by atoms with Gasteiger partial charge in [0.2, 0.25) is 0 Å². The van der Waals surface area contributed by atoms with Gasteiger partial charge < -0.3 is 15.5 Å². The molecule has 1 rings (SSSR count). The molecule has 3 heteroatoms. The van der Waals surface area contributed by atoms with Gasteiger partial charge in [-0.25, -0.2) is 0 Å². The lowest BCUT2D eigenvalue weighted by atomic mass is 9.90. The summed E-state index contributed by atoms with van der Waals surface area (Å²) in [5.74, 6) is 0. The van der Waals surface area contributed by atoms with Crippen molar-refractivity contribution in [1.29, 1.82) is 0 Å². The molecule has 0 amide bonds. The molecule has 3 atom stereocenters. The van der Waals surface area contributed by atoms with Gasteiger partial charge in [0.1, 0.15) is 0 Å². The van der Waals surface area contributed by atoms with E-state index in [0.717, 1.165) is 19.3 Å². The van der Waals surface area contributed by atoms with Crippen LogP contribution in [0.25, 0.3) is 0 Å². The normalized spacial score (nSPS) is 41.7. The summed E-state index contributed by atoms with van der Waals surface area (Å²) in [5, 5.41) is 21.5. The van der Waals surface area contributed by atoms with E-state index in [0.29, 0.717) is 0 Å². The molecule has 0 spiro atoms. The Morgan fingerprint density at radius 2 is 2.00 bits per heavy atom. The van der Waals surface area contributed by atoms with E-state index in [9.17, 15) is 10.2 Å². The van der Waals surface area contributed by atoms with Crippen molar-refractivity contribution in [2.45, 2.75) is 37.5 Å². The molecule has 0 aromatic rings. The monoisotopic (exact) mass is 145 g/mol. The zero-order valence-electron chi connectivity index (χ0n) is 6.25. The highest BCUT2D eigenvalue weighted by molar-refractivity contribution is 4.85. The van der Waals surface area contributed by atoms with Gasteiger partial charge in [-0.1, -0.05) is 0 Å². The van der Waals surface area contributed by atoms with E-state index in [1.54, 1.807) is 0 Å². The molecule has 1 saturated carbocycles. The van der Waals surface area contributed by atoms with Crippen LogP contribution in [-0.4, -0.2) is 35.5 Å². The van der Waals surface area contributed by atoms with Gasteiger partial charge in [0.15, 0.2) is 0 Å². The second-order valence-corrected chi connectivity index (χ2v) is 2.88. The summed E-state index contributed by atoms with van der Waals surface area (Å²) in [6, 6.07) is 0.0868. The molecule has 1 fully saturated rings. The van der Waals surface area contributed by atoms with Crippen molar-refractivity contribution in [3.8, 4) is 0 Å². The Labute approximate surface area is 61.1 Å². The fourth-order valence-corrected chi connectivity index (χ4v) is 1.47. The lowest BCUT2D eigenvalue weighted by Gasteiger charge is -2.31. The Morgan fingerprint density at radius 3 is 2.50 bits per heavy atom. The first-order chi connectivity index (χ1) is 4.75. The van der Waals surface area contributed by atoms with Crippen LogP contribution in [0.4, 0.5) is 0 Å². The van der Waals surface area contributed by atoms with E-state index in [2.05, 4.69) is 5.32 Å². The van der Waals surface area contributed by atoms with Gasteiger partial charge in [-0.05, 0) is 26.3 Å². The lowest BCUT2D eigenvalue weighted by molar-refractivity contribution is -0.0276. The molecule has 0 aliphatic heterocycles. The standard InChI is InChI=1S/C7H15NO2/c1-8-5-3-2-4-6(9)7(5)10/h5-10H,2-4H2,1H3/t5-,6-,7+/m0/s1. The van der Waals surface area contributed by atoms with Gasteiger partial charge in [0.05, 0.1) is 12.2 Å². The van der Waals surface area contributed by atoms with Crippen molar-refractivity contribution in [2.24, 2.45) is 0 Å². The number of nitrogens with one attached hydrogen (secondary N) is 1. The molecular formula is C7H15NO2. The van der Waals surface area contributed by atoms with Crippen molar-refractivity contribution in [2.75, 3.05) is 7.05 Å². The van der Waals surface area contributed by atoms with Gasteiger partial charge in [-0.3, -0.25) is 0 Å². The second kappa shape index (κ2) is 3.32. The molecule has 0 heterocycles. The number of rotatable bonds is 1. The Hall–Kier alpha value is -0.120. The molecule has 1 aliphatic rings. The first kappa shape index (κ1) is 7.98. The maximum Gasteiger partial charge on any atom is 0.0951 e. The average molecular weight is 145 g/mol. The number of hydrogen-bond acceptors (Lipinski definition) is 3. The third-order valence-electron chi connectivity index (χ3n) is 2.19. The van der Waals surface area contributed by atoms with Crippen molar-refractivity contribution in [1.82, 2.24) is 5.32 Å². The predicted octanol–water partition coefficient (Wildman–Crippen LogP) is -0.520. The zero-order chi connectivity index (χ0) is 7.56. The minimum Gasteiger partial charge on any atom is -0.390 e. The molecule has 0 saturated heterocycles. The fourth-order valence-electron chi connectivity index (χ4n) is 1.47. The van der Waals surface area contributed by atoms with Crippen LogP contribution in [0.15, 0.2) is 0 Å². The van der Waals surface area contributed by atoms with Crippen LogP contribution in [0.1, 0.15) is 19.3 Å². The molecule has 3 N–H and O–H groups in total. The van der Waals surface area contributed by atoms with Crippen LogP contribution in [0.5, 0.6) is 0 Å². The summed E-state index contributed by atoms with van der Waals surface area (Å²) >= 11 is 0. The lowest BCUT2D eigenvalue weighted by Crippen LogP contribution is -2.47. The summed E-state index contributed by atoms with van der Waals surface area (Å²) in [6.07, 6.45) is 1.61. The molecule has 0 aromatic carbocycles. The number of aliphatic hydroxyl groups is 2. The van der Waals surface area contributed by atoms with E-state index >= 15 is 0 Å². The average Bonchev–Trinajstić information content (AvgIpc) is 1.95. The Morgan fingerprint density at radius 1 is 1.30 bits per heavy atom. The van der Waals surface area contributed by atoms with E-state index < -0.39 is 12.2 Å². The fraction of sp³-hybridized carbons (Fsp3) is 1.00. The van der Waals surface area contributed by atoms with Gasteiger partial charge in [-0.2, -0.15) is 0 Å². The van der Waals surface area contributed by atoms with Crippen molar-refractivity contribution in [3.05, 3.63) is 0 Å². The summed E-state index contributed by atoms with van der Waals surface area (Å²) < 4.78 is 0. The Bertz CT molecular complexity index is 108. The molecule has 0 aromatic heterocycles. The number of likely N-dealkylation sites (N-methyl/N-ethyl adjacent to an activating group) is 1. The van der Waals surface area contributed by atoms with Gasteiger partial charge in [0, 0.05) is 6.04 Å². The largest absolute Gasteiger partial charge is 0.390 e. The first-order valence-electron chi connectivity index (χ1n) is 3.79. The van der Waals surface area contributed by atoms with Crippen LogP contribution in [0.2, 0.25) is 0 Å².